The van der Waals surface area contributed by atoms with Gasteiger partial charge in [-0.2, -0.15) is 0 Å². The third kappa shape index (κ3) is 2.98. The highest BCUT2D eigenvalue weighted by atomic mass is 32.2. The van der Waals surface area contributed by atoms with Crippen molar-refractivity contribution in [3.8, 4) is 0 Å². The molecule has 1 aromatic heterocycles. The number of fused-ring (bicyclic) bond motifs is 4. The summed E-state index contributed by atoms with van der Waals surface area (Å²) in [5.74, 6) is 0.746. The van der Waals surface area contributed by atoms with Gasteiger partial charge in [0.1, 0.15) is 5.69 Å². The number of hydrogen-bond donors (Lipinski definition) is 2. The SMILES string of the molecule is Cc1ccc(S(=O)(=O)Nc2ccc3n(c2=O)CC2CNCC3C2)cc1. The quantitative estimate of drug-likeness (QED) is 0.874. The maximum atomic E-state index is 12.8. The fourth-order valence-corrected chi connectivity index (χ4v) is 4.85. The Labute approximate surface area is 146 Å². The molecule has 1 fully saturated rings. The summed E-state index contributed by atoms with van der Waals surface area (Å²) in [4.78, 5) is 13.0. The number of aromatic nitrogens is 1. The summed E-state index contributed by atoms with van der Waals surface area (Å²) >= 11 is 0. The standard InChI is InChI=1S/C18H21N3O3S/c1-12-2-4-15(5-3-12)25(23,24)20-16-6-7-17-14-8-13(9-19-10-14)11-21(17)18(16)22/h2-7,13-14,19-20H,8-11H2,1H3. The highest BCUT2D eigenvalue weighted by molar-refractivity contribution is 7.92. The van der Waals surface area contributed by atoms with Crippen LogP contribution in [0.4, 0.5) is 5.69 Å². The Kier molecular flexibility index (Phi) is 3.92. The molecule has 2 N–H and O–H groups in total. The number of nitrogens with one attached hydrogen (secondary N) is 2. The summed E-state index contributed by atoms with van der Waals surface area (Å²) in [7, 11) is -3.77. The Hall–Kier alpha value is -2.12. The molecule has 2 aromatic rings. The van der Waals surface area contributed by atoms with Crippen molar-refractivity contribution >= 4 is 15.7 Å². The molecule has 0 radical (unpaired) electrons. The van der Waals surface area contributed by atoms with Gasteiger partial charge in [-0.3, -0.25) is 9.52 Å². The summed E-state index contributed by atoms with van der Waals surface area (Å²) in [6.07, 6.45) is 1.08. The van der Waals surface area contributed by atoms with E-state index < -0.39 is 10.0 Å². The second-order valence-electron chi connectivity index (χ2n) is 6.96. The summed E-state index contributed by atoms with van der Waals surface area (Å²) in [6, 6.07) is 10.0. The average Bonchev–Trinajstić information content (AvgIpc) is 2.58. The number of anilines is 1. The fourth-order valence-electron chi connectivity index (χ4n) is 3.79. The highest BCUT2D eigenvalue weighted by Crippen LogP contribution is 2.32. The van der Waals surface area contributed by atoms with E-state index in [1.54, 1.807) is 34.9 Å². The molecule has 2 bridgehead atoms. The molecule has 7 heteroatoms. The van der Waals surface area contributed by atoms with E-state index in [0.717, 1.165) is 30.8 Å². The maximum absolute atomic E-state index is 12.8. The van der Waals surface area contributed by atoms with Crippen molar-refractivity contribution in [1.29, 1.82) is 0 Å². The molecule has 3 heterocycles. The lowest BCUT2D eigenvalue weighted by molar-refractivity contribution is 0.257. The second-order valence-corrected chi connectivity index (χ2v) is 8.65. The van der Waals surface area contributed by atoms with Gasteiger partial charge in [0.2, 0.25) is 0 Å². The van der Waals surface area contributed by atoms with Crippen molar-refractivity contribution in [3.63, 3.8) is 0 Å². The minimum absolute atomic E-state index is 0.109. The lowest BCUT2D eigenvalue weighted by Gasteiger charge is -2.37. The highest BCUT2D eigenvalue weighted by Gasteiger charge is 2.31. The van der Waals surface area contributed by atoms with Gasteiger partial charge < -0.3 is 9.88 Å². The summed E-state index contributed by atoms with van der Waals surface area (Å²) in [5.41, 5.74) is 1.82. The molecule has 0 aliphatic carbocycles. The Morgan fingerprint density at radius 2 is 1.88 bits per heavy atom. The van der Waals surface area contributed by atoms with Gasteiger partial charge in [-0.1, -0.05) is 17.7 Å². The van der Waals surface area contributed by atoms with E-state index in [1.807, 2.05) is 13.0 Å². The molecule has 132 valence electrons. The van der Waals surface area contributed by atoms with Crippen molar-refractivity contribution in [1.82, 2.24) is 9.88 Å². The number of rotatable bonds is 3. The van der Waals surface area contributed by atoms with Crippen LogP contribution in [0.1, 0.15) is 23.6 Å². The van der Waals surface area contributed by atoms with Gasteiger partial charge >= 0.3 is 0 Å². The zero-order chi connectivity index (χ0) is 17.6. The van der Waals surface area contributed by atoms with Crippen LogP contribution in [0.3, 0.4) is 0 Å². The van der Waals surface area contributed by atoms with Crippen LogP contribution in [0.15, 0.2) is 46.1 Å². The van der Waals surface area contributed by atoms with Crippen molar-refractivity contribution in [2.75, 3.05) is 17.8 Å². The van der Waals surface area contributed by atoms with Crippen LogP contribution in [0.25, 0.3) is 0 Å². The maximum Gasteiger partial charge on any atom is 0.275 e. The van der Waals surface area contributed by atoms with Gasteiger partial charge in [-0.25, -0.2) is 8.42 Å². The van der Waals surface area contributed by atoms with Gasteiger partial charge in [0, 0.05) is 24.7 Å². The lowest BCUT2D eigenvalue weighted by Crippen LogP contribution is -2.45. The Balaban J connectivity index is 1.69. The van der Waals surface area contributed by atoms with Crippen molar-refractivity contribution in [3.05, 3.63) is 58.0 Å². The first-order valence-corrected chi connectivity index (χ1v) is 9.96. The van der Waals surface area contributed by atoms with E-state index >= 15 is 0 Å². The zero-order valence-corrected chi connectivity index (χ0v) is 14.8. The van der Waals surface area contributed by atoms with E-state index in [0.29, 0.717) is 18.4 Å². The molecule has 0 spiro atoms. The van der Waals surface area contributed by atoms with Crippen molar-refractivity contribution in [2.45, 2.75) is 30.7 Å². The summed E-state index contributed by atoms with van der Waals surface area (Å²) in [5, 5.41) is 3.40. The molecule has 4 rings (SSSR count). The lowest BCUT2D eigenvalue weighted by atomic mass is 9.84. The normalized spacial score (nSPS) is 22.3. The molecule has 6 nitrogen and oxygen atoms in total. The number of pyridine rings is 1. The minimum Gasteiger partial charge on any atom is -0.316 e. The molecule has 0 amide bonds. The minimum atomic E-state index is -3.77. The van der Waals surface area contributed by atoms with Crippen LogP contribution in [0.5, 0.6) is 0 Å². The number of nitrogens with zero attached hydrogens (tertiary/aromatic N) is 1. The number of aryl methyl sites for hydroxylation is 1. The van der Waals surface area contributed by atoms with Crippen LogP contribution in [-0.2, 0) is 16.6 Å². The van der Waals surface area contributed by atoms with Crippen molar-refractivity contribution in [2.24, 2.45) is 5.92 Å². The number of benzene rings is 1. The largest absolute Gasteiger partial charge is 0.316 e. The first-order chi connectivity index (χ1) is 11.9. The van der Waals surface area contributed by atoms with Crippen LogP contribution in [-0.4, -0.2) is 26.1 Å². The third-order valence-electron chi connectivity index (χ3n) is 5.08. The fraction of sp³-hybridized carbons (Fsp3) is 0.389. The second kappa shape index (κ2) is 6.00. The van der Waals surface area contributed by atoms with Crippen LogP contribution >= 0.6 is 0 Å². The molecule has 2 aliphatic heterocycles. The first kappa shape index (κ1) is 16.4. The molecular weight excluding hydrogens is 338 g/mol. The Morgan fingerprint density at radius 3 is 2.64 bits per heavy atom. The molecular formula is C18H21N3O3S. The summed E-state index contributed by atoms with van der Waals surface area (Å²) < 4.78 is 29.3. The molecule has 1 aromatic carbocycles. The van der Waals surface area contributed by atoms with Gasteiger partial charge in [0.05, 0.1) is 4.90 Å². The third-order valence-corrected chi connectivity index (χ3v) is 6.47. The molecule has 1 saturated heterocycles. The van der Waals surface area contributed by atoms with Gasteiger partial charge in [0.25, 0.3) is 15.6 Å². The first-order valence-electron chi connectivity index (χ1n) is 8.48. The smallest absolute Gasteiger partial charge is 0.275 e. The number of sulfonamides is 1. The average molecular weight is 359 g/mol. The zero-order valence-electron chi connectivity index (χ0n) is 14.0. The Bertz CT molecular complexity index is 964. The van der Waals surface area contributed by atoms with E-state index in [2.05, 4.69) is 10.0 Å². The van der Waals surface area contributed by atoms with Crippen molar-refractivity contribution < 1.29 is 8.42 Å². The van der Waals surface area contributed by atoms with Gasteiger partial charge in [-0.15, -0.1) is 0 Å². The molecule has 2 unspecified atom stereocenters. The molecule has 2 atom stereocenters. The molecule has 2 aliphatic rings. The predicted octanol–water partition coefficient (Wildman–Crippen LogP) is 1.66. The van der Waals surface area contributed by atoms with Crippen LogP contribution in [0, 0.1) is 12.8 Å². The van der Waals surface area contributed by atoms with Crippen LogP contribution < -0.4 is 15.6 Å². The predicted molar refractivity (Wildman–Crippen MR) is 96.4 cm³/mol. The summed E-state index contributed by atoms with van der Waals surface area (Å²) in [6.45, 7) is 4.30. The van der Waals surface area contributed by atoms with E-state index in [9.17, 15) is 13.2 Å². The molecule has 25 heavy (non-hydrogen) atoms. The van der Waals surface area contributed by atoms with E-state index in [4.69, 9.17) is 0 Å². The Morgan fingerprint density at radius 1 is 1.12 bits per heavy atom. The van der Waals surface area contributed by atoms with E-state index in [1.165, 1.54) is 0 Å². The van der Waals surface area contributed by atoms with Crippen LogP contribution in [0.2, 0.25) is 0 Å². The number of piperidine rings is 1. The molecule has 0 saturated carbocycles. The van der Waals surface area contributed by atoms with E-state index in [-0.39, 0.29) is 16.1 Å². The van der Waals surface area contributed by atoms with Gasteiger partial charge in [0.15, 0.2) is 0 Å². The number of hydrogen-bond acceptors (Lipinski definition) is 4. The topological polar surface area (TPSA) is 80.2 Å². The van der Waals surface area contributed by atoms with Gasteiger partial charge in [-0.05, 0) is 50.1 Å². The monoisotopic (exact) mass is 359 g/mol.